The molecule has 3 aromatic rings. The standard InChI is InChI=1S/C15H12BrN3O/c16-9-1-4-11(5-2-9)18-8-13-12-7-10(17)3-6-14(12)19-15(13)20/h1-8,19-20H,17H2. The number of rotatable bonds is 2. The van der Waals surface area contributed by atoms with Gasteiger partial charge >= 0.3 is 0 Å². The molecule has 4 N–H and O–H groups in total. The predicted molar refractivity (Wildman–Crippen MR) is 85.8 cm³/mol. The molecule has 100 valence electrons. The van der Waals surface area contributed by atoms with E-state index in [4.69, 9.17) is 5.73 Å². The smallest absolute Gasteiger partial charge is 0.198 e. The lowest BCUT2D eigenvalue weighted by Gasteiger charge is -1.96. The van der Waals surface area contributed by atoms with E-state index in [1.165, 1.54) is 0 Å². The number of aromatic hydroxyl groups is 1. The minimum absolute atomic E-state index is 0.0893. The van der Waals surface area contributed by atoms with Gasteiger partial charge in [-0.1, -0.05) is 15.9 Å². The summed E-state index contributed by atoms with van der Waals surface area (Å²) in [7, 11) is 0. The molecule has 0 radical (unpaired) electrons. The third-order valence-corrected chi connectivity index (χ3v) is 3.54. The highest BCUT2D eigenvalue weighted by Crippen LogP contribution is 2.28. The number of anilines is 1. The van der Waals surface area contributed by atoms with Gasteiger partial charge in [0.1, 0.15) is 0 Å². The molecule has 0 atom stereocenters. The molecular weight excluding hydrogens is 318 g/mol. The van der Waals surface area contributed by atoms with Crippen molar-refractivity contribution in [3.8, 4) is 5.88 Å². The number of hydrogen-bond donors (Lipinski definition) is 3. The van der Waals surface area contributed by atoms with Crippen LogP contribution in [0.3, 0.4) is 0 Å². The summed E-state index contributed by atoms with van der Waals surface area (Å²) in [5.74, 6) is 0.0893. The van der Waals surface area contributed by atoms with E-state index in [0.717, 1.165) is 21.1 Å². The number of nitrogens with one attached hydrogen (secondary N) is 1. The van der Waals surface area contributed by atoms with Gasteiger partial charge in [-0.15, -0.1) is 0 Å². The molecule has 0 bridgehead atoms. The van der Waals surface area contributed by atoms with Crippen molar-refractivity contribution < 1.29 is 5.11 Å². The van der Waals surface area contributed by atoms with E-state index in [2.05, 4.69) is 25.9 Å². The van der Waals surface area contributed by atoms with Gasteiger partial charge in [0.2, 0.25) is 0 Å². The van der Waals surface area contributed by atoms with E-state index >= 15 is 0 Å². The van der Waals surface area contributed by atoms with Crippen LogP contribution in [-0.4, -0.2) is 16.3 Å². The molecule has 0 amide bonds. The van der Waals surface area contributed by atoms with Crippen LogP contribution in [0.5, 0.6) is 5.88 Å². The van der Waals surface area contributed by atoms with Gasteiger partial charge in [0.05, 0.1) is 11.3 Å². The van der Waals surface area contributed by atoms with Crippen molar-refractivity contribution in [2.45, 2.75) is 0 Å². The van der Waals surface area contributed by atoms with Crippen molar-refractivity contribution >= 4 is 44.4 Å². The number of aliphatic imine (C=N–C) groups is 1. The van der Waals surface area contributed by atoms with Gasteiger partial charge < -0.3 is 15.8 Å². The molecule has 0 unspecified atom stereocenters. The highest BCUT2D eigenvalue weighted by atomic mass is 79.9. The first kappa shape index (κ1) is 12.7. The van der Waals surface area contributed by atoms with Gasteiger partial charge in [0, 0.05) is 27.3 Å². The predicted octanol–water partition coefficient (Wildman–Crippen LogP) is 3.97. The molecule has 2 aromatic carbocycles. The number of aromatic nitrogens is 1. The number of nitrogen functional groups attached to an aromatic ring is 1. The Balaban J connectivity index is 2.03. The number of nitrogens with zero attached hydrogens (tertiary/aromatic N) is 1. The maximum atomic E-state index is 9.95. The second kappa shape index (κ2) is 5.02. The highest BCUT2D eigenvalue weighted by Gasteiger charge is 2.08. The van der Waals surface area contributed by atoms with Gasteiger partial charge in [-0.05, 0) is 42.5 Å². The fraction of sp³-hybridized carbons (Fsp3) is 0. The molecule has 3 rings (SSSR count). The molecular formula is C15H12BrN3O. The topological polar surface area (TPSA) is 74.4 Å². The molecule has 0 aliphatic rings. The lowest BCUT2D eigenvalue weighted by atomic mass is 10.1. The summed E-state index contributed by atoms with van der Waals surface area (Å²) in [5, 5.41) is 10.8. The fourth-order valence-electron chi connectivity index (χ4n) is 2.01. The van der Waals surface area contributed by atoms with Crippen molar-refractivity contribution in [2.24, 2.45) is 4.99 Å². The van der Waals surface area contributed by atoms with Crippen LogP contribution in [0, 0.1) is 0 Å². The maximum absolute atomic E-state index is 9.95. The number of fused-ring (bicyclic) bond motifs is 1. The fourth-order valence-corrected chi connectivity index (χ4v) is 2.28. The molecule has 0 fully saturated rings. The Hall–Kier alpha value is -2.27. The zero-order chi connectivity index (χ0) is 14.1. The molecule has 0 saturated heterocycles. The summed E-state index contributed by atoms with van der Waals surface area (Å²) in [6.07, 6.45) is 1.64. The summed E-state index contributed by atoms with van der Waals surface area (Å²) in [6.45, 7) is 0. The number of nitrogens with two attached hydrogens (primary N) is 1. The highest BCUT2D eigenvalue weighted by molar-refractivity contribution is 9.10. The lowest BCUT2D eigenvalue weighted by Crippen LogP contribution is -1.84. The Kier molecular flexibility index (Phi) is 3.20. The first-order valence-corrected chi connectivity index (χ1v) is 6.82. The van der Waals surface area contributed by atoms with Crippen LogP contribution in [0.2, 0.25) is 0 Å². The van der Waals surface area contributed by atoms with E-state index < -0.39 is 0 Å². The average Bonchev–Trinajstić information content (AvgIpc) is 2.73. The Morgan fingerprint density at radius 2 is 1.90 bits per heavy atom. The second-order valence-corrected chi connectivity index (χ2v) is 5.34. The van der Waals surface area contributed by atoms with E-state index in [1.807, 2.05) is 36.4 Å². The quantitative estimate of drug-likeness (QED) is 0.491. The molecule has 1 aromatic heterocycles. The van der Waals surface area contributed by atoms with Crippen LogP contribution in [0.25, 0.3) is 10.9 Å². The molecule has 0 saturated carbocycles. The number of H-pyrrole nitrogens is 1. The zero-order valence-corrected chi connectivity index (χ0v) is 12.1. The largest absolute Gasteiger partial charge is 0.494 e. The van der Waals surface area contributed by atoms with Gasteiger partial charge in [-0.25, -0.2) is 0 Å². The normalized spacial score (nSPS) is 11.4. The Bertz CT molecular complexity index is 791. The van der Waals surface area contributed by atoms with Gasteiger partial charge in [0.25, 0.3) is 0 Å². The number of benzene rings is 2. The van der Waals surface area contributed by atoms with Crippen LogP contribution in [-0.2, 0) is 0 Å². The monoisotopic (exact) mass is 329 g/mol. The molecule has 0 spiro atoms. The van der Waals surface area contributed by atoms with E-state index in [-0.39, 0.29) is 5.88 Å². The first-order valence-electron chi connectivity index (χ1n) is 6.03. The van der Waals surface area contributed by atoms with Crippen LogP contribution >= 0.6 is 15.9 Å². The summed E-state index contributed by atoms with van der Waals surface area (Å²) in [4.78, 5) is 7.26. The number of aromatic amines is 1. The van der Waals surface area contributed by atoms with E-state index in [1.54, 1.807) is 12.3 Å². The first-order chi connectivity index (χ1) is 9.63. The summed E-state index contributed by atoms with van der Waals surface area (Å²) in [5.41, 5.74) is 8.70. The van der Waals surface area contributed by atoms with Gasteiger partial charge in [-0.2, -0.15) is 0 Å². The molecule has 1 heterocycles. The van der Waals surface area contributed by atoms with Crippen molar-refractivity contribution in [1.82, 2.24) is 4.98 Å². The molecule has 5 heteroatoms. The number of halogens is 1. The van der Waals surface area contributed by atoms with Crippen LogP contribution < -0.4 is 5.73 Å². The van der Waals surface area contributed by atoms with Crippen LogP contribution in [0.1, 0.15) is 5.56 Å². The minimum Gasteiger partial charge on any atom is -0.494 e. The summed E-state index contributed by atoms with van der Waals surface area (Å²) < 4.78 is 0.999. The molecule has 4 nitrogen and oxygen atoms in total. The molecule has 0 aliphatic carbocycles. The Morgan fingerprint density at radius 1 is 1.15 bits per heavy atom. The second-order valence-electron chi connectivity index (χ2n) is 4.43. The van der Waals surface area contributed by atoms with E-state index in [9.17, 15) is 5.11 Å². The lowest BCUT2D eigenvalue weighted by molar-refractivity contribution is 0.457. The Morgan fingerprint density at radius 3 is 2.65 bits per heavy atom. The third-order valence-electron chi connectivity index (χ3n) is 3.01. The molecule has 20 heavy (non-hydrogen) atoms. The van der Waals surface area contributed by atoms with Crippen LogP contribution in [0.4, 0.5) is 11.4 Å². The van der Waals surface area contributed by atoms with Gasteiger partial charge in [0.15, 0.2) is 5.88 Å². The summed E-state index contributed by atoms with van der Waals surface area (Å²) >= 11 is 3.38. The number of hydrogen-bond acceptors (Lipinski definition) is 3. The van der Waals surface area contributed by atoms with Gasteiger partial charge in [-0.3, -0.25) is 4.99 Å². The van der Waals surface area contributed by atoms with Crippen LogP contribution in [0.15, 0.2) is 51.9 Å². The molecule has 0 aliphatic heterocycles. The maximum Gasteiger partial charge on any atom is 0.198 e. The average molecular weight is 330 g/mol. The van der Waals surface area contributed by atoms with E-state index in [0.29, 0.717) is 11.3 Å². The van der Waals surface area contributed by atoms with Crippen molar-refractivity contribution in [1.29, 1.82) is 0 Å². The zero-order valence-electron chi connectivity index (χ0n) is 10.5. The van der Waals surface area contributed by atoms with Crippen molar-refractivity contribution in [3.05, 3.63) is 52.5 Å². The summed E-state index contributed by atoms with van der Waals surface area (Å²) in [6, 6.07) is 13.0. The SMILES string of the molecule is Nc1ccc2[nH]c(O)c(C=Nc3ccc(Br)cc3)c2c1. The van der Waals surface area contributed by atoms with Crippen molar-refractivity contribution in [2.75, 3.05) is 5.73 Å². The minimum atomic E-state index is 0.0893. The third kappa shape index (κ3) is 2.40. The van der Waals surface area contributed by atoms with Crippen molar-refractivity contribution in [3.63, 3.8) is 0 Å². The Labute approximate surface area is 124 Å².